The molecule has 1 atom stereocenters. The van der Waals surface area contributed by atoms with Crippen LogP contribution in [0.2, 0.25) is 0 Å². The van der Waals surface area contributed by atoms with E-state index in [4.69, 9.17) is 0 Å². The second-order valence-electron chi connectivity index (χ2n) is 3.36. The standard InChI is InChI=1S/H20Si9/c1-5-6-7-9(4)8(2)3/h8-9H,5-7H2,1-4H3. The molecule has 0 aliphatic carbocycles. The van der Waals surface area contributed by atoms with E-state index in [1.54, 1.807) is 39.0 Å². The summed E-state index contributed by atoms with van der Waals surface area (Å²) in [5.41, 5.74) is 0. The van der Waals surface area contributed by atoms with E-state index in [-0.39, 0.29) is 0 Å². The fourth-order valence-electron chi connectivity index (χ4n) is 0.859. The Morgan fingerprint density at radius 2 is 1.67 bits per heavy atom. The van der Waals surface area contributed by atoms with Crippen LogP contribution >= 0.6 is 0 Å². The highest BCUT2D eigenvalue weighted by molar-refractivity contribution is 7.84. The molecule has 0 N–H and O–H groups in total. The first kappa shape index (κ1) is 11.0. The molecule has 0 bridgehead atoms. The molecule has 0 aromatic carbocycles. The van der Waals surface area contributed by atoms with Gasteiger partial charge < -0.3 is 0 Å². The van der Waals surface area contributed by atoms with Crippen molar-refractivity contribution >= 4 is 79.4 Å². The van der Waals surface area contributed by atoms with Gasteiger partial charge in [-0.2, -0.15) is 0 Å². The smallest absolute Gasteiger partial charge is 0.00707 e. The lowest BCUT2D eigenvalue weighted by Gasteiger charge is -2.09. The normalized spacial score (nSPS) is 22.7. The van der Waals surface area contributed by atoms with Crippen molar-refractivity contribution in [2.75, 3.05) is 0 Å². The lowest BCUT2D eigenvalue weighted by molar-refractivity contribution is 3.67. The number of hydrogen-bond donors (Lipinski definition) is 0. The summed E-state index contributed by atoms with van der Waals surface area (Å²) in [5, 5.41) is 0. The third-order valence-corrected chi connectivity index (χ3v) is 174. The van der Waals surface area contributed by atoms with Crippen molar-refractivity contribution < 1.29 is 0 Å². The van der Waals surface area contributed by atoms with Crippen LogP contribution < -0.4 is 0 Å². The Hall–Kier alpha value is 1.95. The van der Waals surface area contributed by atoms with Crippen LogP contribution in [0.15, 0.2) is 0 Å². The molecule has 0 amide bonds. The predicted molar refractivity (Wildman–Crippen MR) is 79.7 cm³/mol. The molecule has 0 rings (SSSR count). The second kappa shape index (κ2) is 6.65. The summed E-state index contributed by atoms with van der Waals surface area (Å²) < 4.78 is 0. The van der Waals surface area contributed by atoms with Gasteiger partial charge in [-0.3, -0.25) is 0 Å². The maximum atomic E-state index is 1.79. The zero-order valence-corrected chi connectivity index (χ0v) is 21.8. The van der Waals surface area contributed by atoms with Gasteiger partial charge in [0, 0.05) is 0 Å². The lowest BCUT2D eigenvalue weighted by Crippen LogP contribution is -2.46. The first-order valence-corrected chi connectivity index (χ1v) is 37.6. The SMILES string of the molecule is [SiH3][SiH2][SiH2][SiH2][SiH]([SiH3])[SiH]([SiH3])[SiH3]. The topological polar surface area (TPSA) is 0 Å². The molecule has 0 aliphatic heterocycles. The first-order chi connectivity index (χ1) is 4.18. The third kappa shape index (κ3) is 6.35. The van der Waals surface area contributed by atoms with Gasteiger partial charge in [0.05, 0.1) is 0 Å². The van der Waals surface area contributed by atoms with Crippen LogP contribution in [0.25, 0.3) is 0 Å². The molecule has 0 spiro atoms. The average Bonchev–Trinajstić information content (AvgIpc) is 1.82. The lowest BCUT2D eigenvalue weighted by atomic mass is 26.0. The van der Waals surface area contributed by atoms with E-state index in [1.807, 2.05) is 0 Å². The molecular formula is H20Si9. The molecule has 0 nitrogen and oxygen atoms in total. The van der Waals surface area contributed by atoms with Crippen LogP contribution in [0.4, 0.5) is 0 Å². The molecule has 0 aliphatic rings. The van der Waals surface area contributed by atoms with Crippen LogP contribution in [0.5, 0.6) is 0 Å². The minimum Gasteiger partial charge on any atom is -0.0120 e. The summed E-state index contributed by atoms with van der Waals surface area (Å²) in [4.78, 5) is 0. The maximum Gasteiger partial charge on any atom is -0.00707 e. The van der Waals surface area contributed by atoms with E-state index in [1.165, 1.54) is 0 Å². The van der Waals surface area contributed by atoms with Crippen LogP contribution in [0.1, 0.15) is 0 Å². The molecule has 56 valence electrons. The zero-order chi connectivity index (χ0) is 7.28. The Kier molecular flexibility index (Phi) is 8.09. The van der Waals surface area contributed by atoms with Gasteiger partial charge >= 0.3 is 0 Å². The minimum atomic E-state index is 0.316. The molecule has 0 radical (unpaired) electrons. The van der Waals surface area contributed by atoms with E-state index in [0.29, 0.717) is 14.7 Å². The van der Waals surface area contributed by atoms with E-state index < -0.39 is 0 Å². The maximum absolute atomic E-state index is 1.79. The molecule has 0 aromatic rings. The van der Waals surface area contributed by atoms with Crippen LogP contribution in [-0.4, -0.2) is 79.4 Å². The second-order valence-corrected chi connectivity index (χ2v) is 90.8. The van der Waals surface area contributed by atoms with Gasteiger partial charge in [-0.05, 0) is 79.4 Å². The highest BCUT2D eigenvalue weighted by Gasteiger charge is 2.08. The molecule has 1 unspecified atom stereocenters. The van der Waals surface area contributed by atoms with Gasteiger partial charge in [0.25, 0.3) is 0 Å². The highest BCUT2D eigenvalue weighted by atomic mass is 30.2. The Morgan fingerprint density at radius 3 is 2.00 bits per heavy atom. The molecule has 9 heavy (non-hydrogen) atoms. The summed E-state index contributed by atoms with van der Waals surface area (Å²) >= 11 is 0. The van der Waals surface area contributed by atoms with E-state index in [0.717, 1.165) is 25.7 Å². The van der Waals surface area contributed by atoms with E-state index >= 15 is 0 Å². The molecule has 0 fully saturated rings. The van der Waals surface area contributed by atoms with Crippen molar-refractivity contribution in [2.24, 2.45) is 0 Å². The Balaban J connectivity index is 3.16. The van der Waals surface area contributed by atoms with Crippen molar-refractivity contribution in [3.8, 4) is 0 Å². The third-order valence-electron chi connectivity index (χ3n) is 2.15. The zero-order valence-electron chi connectivity index (χ0n) is 7.28. The van der Waals surface area contributed by atoms with Crippen LogP contribution in [-0.2, 0) is 0 Å². The van der Waals surface area contributed by atoms with Gasteiger partial charge in [-0.1, -0.05) is 0 Å². The van der Waals surface area contributed by atoms with Crippen LogP contribution in [0.3, 0.4) is 0 Å². The summed E-state index contributed by atoms with van der Waals surface area (Å²) in [6, 6.07) is 0. The molecule has 0 saturated carbocycles. The first-order valence-electron chi connectivity index (χ1n) is 4.18. The summed E-state index contributed by atoms with van der Waals surface area (Å²) in [6.45, 7) is 0. The summed E-state index contributed by atoms with van der Waals surface area (Å²) in [7, 11) is 10.2. The minimum absolute atomic E-state index is 0.316. The molecule has 0 aromatic heterocycles. The summed E-state index contributed by atoms with van der Waals surface area (Å²) in [5.74, 6) is 0. The van der Waals surface area contributed by atoms with Crippen molar-refractivity contribution in [3.05, 3.63) is 0 Å². The summed E-state index contributed by atoms with van der Waals surface area (Å²) in [6.07, 6.45) is 0. The van der Waals surface area contributed by atoms with E-state index in [9.17, 15) is 0 Å². The highest BCUT2D eigenvalue weighted by Crippen LogP contribution is 1.71. The number of hydrogen-bond acceptors (Lipinski definition) is 0. The van der Waals surface area contributed by atoms with Gasteiger partial charge in [-0.25, -0.2) is 0 Å². The molecule has 0 saturated heterocycles. The number of rotatable bonds is 4. The Bertz CT molecular complexity index is 55.1. The van der Waals surface area contributed by atoms with Crippen molar-refractivity contribution in [2.45, 2.75) is 0 Å². The monoisotopic (exact) mass is 272 g/mol. The largest absolute Gasteiger partial charge is 0.0120 e. The fraction of sp³-hybridized carbons (Fsp3) is 0. The molecule has 9 heteroatoms. The Labute approximate surface area is 79.0 Å². The van der Waals surface area contributed by atoms with Crippen molar-refractivity contribution in [3.63, 3.8) is 0 Å². The Morgan fingerprint density at radius 1 is 1.11 bits per heavy atom. The molecular weight excluding hydrogens is 253 g/mol. The van der Waals surface area contributed by atoms with Gasteiger partial charge in [-0.15, -0.1) is 0 Å². The average molecular weight is 273 g/mol. The van der Waals surface area contributed by atoms with Crippen molar-refractivity contribution in [1.29, 1.82) is 0 Å². The van der Waals surface area contributed by atoms with Gasteiger partial charge in [0.1, 0.15) is 0 Å². The quantitative estimate of drug-likeness (QED) is 0.446. The van der Waals surface area contributed by atoms with Gasteiger partial charge in [0.15, 0.2) is 0 Å². The van der Waals surface area contributed by atoms with Crippen LogP contribution in [0, 0.1) is 0 Å². The molecule has 0 heterocycles. The van der Waals surface area contributed by atoms with E-state index in [2.05, 4.69) is 0 Å². The van der Waals surface area contributed by atoms with Crippen molar-refractivity contribution in [1.82, 2.24) is 0 Å². The fourth-order valence-corrected chi connectivity index (χ4v) is 209. The predicted octanol–water partition coefficient (Wildman–Crippen LogP) is -8.78. The van der Waals surface area contributed by atoms with Gasteiger partial charge in [0.2, 0.25) is 0 Å².